The lowest BCUT2D eigenvalue weighted by atomic mass is 9.92. The Morgan fingerprint density at radius 3 is 2.74 bits per heavy atom. The van der Waals surface area contributed by atoms with Crippen molar-refractivity contribution in [1.82, 2.24) is 25.0 Å². The summed E-state index contributed by atoms with van der Waals surface area (Å²) in [5, 5.41) is 11.5. The van der Waals surface area contributed by atoms with Crippen molar-refractivity contribution in [1.29, 1.82) is 0 Å². The van der Waals surface area contributed by atoms with Gasteiger partial charge in [-0.2, -0.15) is 0 Å². The number of carbonyl (C=O) groups is 1. The van der Waals surface area contributed by atoms with Crippen LogP contribution < -0.4 is 5.32 Å². The first-order valence-electron chi connectivity index (χ1n) is 9.05. The van der Waals surface area contributed by atoms with Crippen LogP contribution in [0.15, 0.2) is 0 Å². The van der Waals surface area contributed by atoms with E-state index in [1.165, 1.54) is 12.8 Å². The number of rotatable bonds is 5. The van der Waals surface area contributed by atoms with E-state index in [2.05, 4.69) is 38.8 Å². The largest absolute Gasteiger partial charge is 0.349 e. The highest BCUT2D eigenvalue weighted by Crippen LogP contribution is 2.21. The van der Waals surface area contributed by atoms with Crippen LogP contribution in [0.25, 0.3) is 0 Å². The number of hydrogen-bond donors (Lipinski definition) is 1. The van der Waals surface area contributed by atoms with Gasteiger partial charge in [0.25, 0.3) is 0 Å². The van der Waals surface area contributed by atoms with Crippen molar-refractivity contribution in [2.45, 2.75) is 71.5 Å². The summed E-state index contributed by atoms with van der Waals surface area (Å²) in [4.78, 5) is 14.7. The molecule has 3 rings (SSSR count). The lowest BCUT2D eigenvalue weighted by molar-refractivity contribution is -0.122. The zero-order valence-corrected chi connectivity index (χ0v) is 14.4. The van der Waals surface area contributed by atoms with E-state index < -0.39 is 0 Å². The first-order chi connectivity index (χ1) is 11.1. The number of aromatic nitrogens is 3. The third-order valence-corrected chi connectivity index (χ3v) is 5.23. The molecule has 0 saturated carbocycles. The van der Waals surface area contributed by atoms with E-state index in [1.807, 2.05) is 0 Å². The number of hydrogen-bond acceptors (Lipinski definition) is 4. The topological polar surface area (TPSA) is 63.1 Å². The zero-order chi connectivity index (χ0) is 16.2. The average molecular weight is 319 g/mol. The molecule has 1 N–H and O–H groups in total. The fourth-order valence-corrected chi connectivity index (χ4v) is 3.68. The molecule has 0 atom stereocenters. The molecule has 1 fully saturated rings. The summed E-state index contributed by atoms with van der Waals surface area (Å²) in [7, 11) is 0. The van der Waals surface area contributed by atoms with Crippen molar-refractivity contribution >= 4 is 5.91 Å². The SMILES string of the molecule is CC(C)N1CCC(CC(=O)NCc2nnc3n2CCCC3)CC1. The number of nitrogens with zero attached hydrogens (tertiary/aromatic N) is 4. The Balaban J connectivity index is 1.43. The van der Waals surface area contributed by atoms with Crippen LogP contribution in [0.3, 0.4) is 0 Å². The summed E-state index contributed by atoms with van der Waals surface area (Å²) in [6.45, 7) is 8.22. The fraction of sp³-hybridized carbons (Fsp3) is 0.824. The van der Waals surface area contributed by atoms with Crippen LogP contribution >= 0.6 is 0 Å². The highest BCUT2D eigenvalue weighted by Gasteiger charge is 2.23. The minimum atomic E-state index is 0.154. The summed E-state index contributed by atoms with van der Waals surface area (Å²) in [5.41, 5.74) is 0. The van der Waals surface area contributed by atoms with Gasteiger partial charge in [-0.15, -0.1) is 10.2 Å². The van der Waals surface area contributed by atoms with Crippen molar-refractivity contribution in [3.05, 3.63) is 11.6 Å². The van der Waals surface area contributed by atoms with Gasteiger partial charge in [0.05, 0.1) is 6.54 Å². The second-order valence-electron chi connectivity index (χ2n) is 7.20. The maximum atomic E-state index is 12.2. The van der Waals surface area contributed by atoms with Gasteiger partial charge in [0.2, 0.25) is 5.91 Å². The van der Waals surface area contributed by atoms with Gasteiger partial charge in [-0.1, -0.05) is 0 Å². The summed E-state index contributed by atoms with van der Waals surface area (Å²) < 4.78 is 2.17. The number of amides is 1. The molecule has 1 amide bonds. The summed E-state index contributed by atoms with van der Waals surface area (Å²) in [5.74, 6) is 2.66. The van der Waals surface area contributed by atoms with Gasteiger partial charge < -0.3 is 14.8 Å². The molecule has 23 heavy (non-hydrogen) atoms. The van der Waals surface area contributed by atoms with Crippen LogP contribution in [0.2, 0.25) is 0 Å². The molecular weight excluding hydrogens is 290 g/mol. The molecular formula is C17H29N5O. The maximum Gasteiger partial charge on any atom is 0.220 e. The molecule has 6 nitrogen and oxygen atoms in total. The first-order valence-corrected chi connectivity index (χ1v) is 9.05. The molecule has 6 heteroatoms. The molecule has 2 aliphatic heterocycles. The lowest BCUT2D eigenvalue weighted by Crippen LogP contribution is -2.39. The quantitative estimate of drug-likeness (QED) is 0.898. The molecule has 1 saturated heterocycles. The van der Waals surface area contributed by atoms with Crippen LogP contribution in [0.5, 0.6) is 0 Å². The van der Waals surface area contributed by atoms with Crippen molar-refractivity contribution in [2.24, 2.45) is 5.92 Å². The number of aryl methyl sites for hydroxylation is 1. The molecule has 0 radical (unpaired) electrons. The second kappa shape index (κ2) is 7.43. The molecule has 0 unspecified atom stereocenters. The Hall–Kier alpha value is -1.43. The van der Waals surface area contributed by atoms with Gasteiger partial charge in [0, 0.05) is 25.4 Å². The van der Waals surface area contributed by atoms with Crippen LogP contribution in [0, 0.1) is 5.92 Å². The van der Waals surface area contributed by atoms with E-state index in [9.17, 15) is 4.79 Å². The third-order valence-electron chi connectivity index (χ3n) is 5.23. The summed E-state index contributed by atoms with van der Waals surface area (Å²) >= 11 is 0. The molecule has 0 aliphatic carbocycles. The van der Waals surface area contributed by atoms with Gasteiger partial charge >= 0.3 is 0 Å². The Morgan fingerprint density at radius 1 is 1.22 bits per heavy atom. The van der Waals surface area contributed by atoms with Gasteiger partial charge in [-0.05, 0) is 58.5 Å². The Bertz CT molecular complexity index is 531. The molecule has 2 aliphatic rings. The highest BCUT2D eigenvalue weighted by atomic mass is 16.1. The Morgan fingerprint density at radius 2 is 2.00 bits per heavy atom. The second-order valence-corrected chi connectivity index (χ2v) is 7.20. The summed E-state index contributed by atoms with van der Waals surface area (Å²) in [6, 6.07) is 0.615. The van der Waals surface area contributed by atoms with E-state index >= 15 is 0 Å². The fourth-order valence-electron chi connectivity index (χ4n) is 3.68. The van der Waals surface area contributed by atoms with Gasteiger partial charge in [-0.3, -0.25) is 4.79 Å². The molecule has 3 heterocycles. The van der Waals surface area contributed by atoms with Gasteiger partial charge in [0.15, 0.2) is 5.82 Å². The predicted molar refractivity (Wildman–Crippen MR) is 88.9 cm³/mol. The number of likely N-dealkylation sites (tertiary alicyclic amines) is 1. The van der Waals surface area contributed by atoms with Crippen LogP contribution in [-0.2, 0) is 24.3 Å². The van der Waals surface area contributed by atoms with E-state index in [1.54, 1.807) is 0 Å². The minimum absolute atomic E-state index is 0.154. The molecule has 1 aromatic heterocycles. The number of piperidine rings is 1. The zero-order valence-electron chi connectivity index (χ0n) is 14.4. The van der Waals surface area contributed by atoms with Crippen molar-refractivity contribution in [2.75, 3.05) is 13.1 Å². The van der Waals surface area contributed by atoms with E-state index in [-0.39, 0.29) is 5.91 Å². The predicted octanol–water partition coefficient (Wildman–Crippen LogP) is 1.74. The van der Waals surface area contributed by atoms with E-state index in [0.29, 0.717) is 24.9 Å². The Kier molecular flexibility index (Phi) is 5.30. The lowest BCUT2D eigenvalue weighted by Gasteiger charge is -2.34. The van der Waals surface area contributed by atoms with Gasteiger partial charge in [0.1, 0.15) is 5.82 Å². The van der Waals surface area contributed by atoms with Crippen molar-refractivity contribution in [3.63, 3.8) is 0 Å². The van der Waals surface area contributed by atoms with Crippen molar-refractivity contribution < 1.29 is 4.79 Å². The number of carbonyl (C=O) groups excluding carboxylic acids is 1. The number of nitrogens with one attached hydrogen (secondary N) is 1. The normalized spacial score (nSPS) is 19.8. The summed E-state index contributed by atoms with van der Waals surface area (Å²) in [6.07, 6.45) is 6.29. The Labute approximate surface area is 138 Å². The molecule has 1 aromatic rings. The standard InChI is InChI=1S/C17H29N5O/c1-13(2)21-9-6-14(7-10-21)11-17(23)18-12-16-20-19-15-5-3-4-8-22(15)16/h13-14H,3-12H2,1-2H3,(H,18,23). The number of fused-ring (bicyclic) bond motifs is 1. The third kappa shape index (κ3) is 4.10. The molecule has 0 aromatic carbocycles. The van der Waals surface area contributed by atoms with Gasteiger partial charge in [-0.25, -0.2) is 0 Å². The smallest absolute Gasteiger partial charge is 0.220 e. The van der Waals surface area contributed by atoms with Crippen molar-refractivity contribution in [3.8, 4) is 0 Å². The monoisotopic (exact) mass is 319 g/mol. The van der Waals surface area contributed by atoms with Crippen LogP contribution in [-0.4, -0.2) is 44.7 Å². The van der Waals surface area contributed by atoms with Crippen LogP contribution in [0.1, 0.15) is 57.6 Å². The minimum Gasteiger partial charge on any atom is -0.349 e. The molecule has 0 spiro atoms. The van der Waals surface area contributed by atoms with Crippen LogP contribution in [0.4, 0.5) is 0 Å². The average Bonchev–Trinajstić information content (AvgIpc) is 2.97. The van der Waals surface area contributed by atoms with E-state index in [0.717, 1.165) is 50.5 Å². The highest BCUT2D eigenvalue weighted by molar-refractivity contribution is 5.76. The molecule has 128 valence electrons. The molecule has 0 bridgehead atoms. The van der Waals surface area contributed by atoms with E-state index in [4.69, 9.17) is 0 Å². The first kappa shape index (κ1) is 16.4. The maximum absolute atomic E-state index is 12.2.